The Balaban J connectivity index is 1.53. The van der Waals surface area contributed by atoms with E-state index in [0.29, 0.717) is 32.6 Å². The molecule has 0 saturated carbocycles. The SMILES string of the molecule is CCCn1c(=O)n(CCC(=O)N2CCN(C)c3ccccc3C2)c2ccccc21. The van der Waals surface area contributed by atoms with Crippen LogP contribution in [0, 0.1) is 0 Å². The largest absolute Gasteiger partial charge is 0.373 e. The molecule has 1 amide bonds. The minimum atomic E-state index is -0.0261. The highest BCUT2D eigenvalue weighted by Crippen LogP contribution is 2.24. The topological polar surface area (TPSA) is 50.5 Å². The molecular weight excluding hydrogens is 364 g/mol. The van der Waals surface area contributed by atoms with Crippen LogP contribution in [0.2, 0.25) is 0 Å². The lowest BCUT2D eigenvalue weighted by atomic mass is 10.1. The van der Waals surface area contributed by atoms with E-state index in [-0.39, 0.29) is 11.6 Å². The molecule has 3 aromatic rings. The van der Waals surface area contributed by atoms with Gasteiger partial charge in [-0.1, -0.05) is 37.3 Å². The van der Waals surface area contributed by atoms with E-state index in [2.05, 4.69) is 31.0 Å². The molecule has 152 valence electrons. The fourth-order valence-corrected chi connectivity index (χ4v) is 4.20. The first-order chi connectivity index (χ1) is 14.1. The zero-order valence-electron chi connectivity index (χ0n) is 17.2. The predicted molar refractivity (Wildman–Crippen MR) is 116 cm³/mol. The fourth-order valence-electron chi connectivity index (χ4n) is 4.20. The maximum atomic E-state index is 13.0. The van der Waals surface area contributed by atoms with E-state index in [1.54, 1.807) is 4.57 Å². The number of fused-ring (bicyclic) bond motifs is 2. The van der Waals surface area contributed by atoms with Gasteiger partial charge < -0.3 is 9.80 Å². The number of nitrogens with zero attached hydrogens (tertiary/aromatic N) is 4. The Bertz CT molecular complexity index is 1080. The molecule has 6 nitrogen and oxygen atoms in total. The number of aromatic nitrogens is 2. The molecule has 29 heavy (non-hydrogen) atoms. The minimum Gasteiger partial charge on any atom is -0.373 e. The summed E-state index contributed by atoms with van der Waals surface area (Å²) in [6.07, 6.45) is 1.22. The molecule has 0 unspecified atom stereocenters. The first kappa shape index (κ1) is 19.3. The Morgan fingerprint density at radius 3 is 2.31 bits per heavy atom. The molecule has 0 N–H and O–H groups in total. The van der Waals surface area contributed by atoms with Crippen molar-refractivity contribution in [2.75, 3.05) is 25.0 Å². The van der Waals surface area contributed by atoms with E-state index in [9.17, 15) is 9.59 Å². The lowest BCUT2D eigenvalue weighted by molar-refractivity contribution is -0.131. The van der Waals surface area contributed by atoms with Crippen LogP contribution < -0.4 is 10.6 Å². The van der Waals surface area contributed by atoms with Crippen molar-refractivity contribution >= 4 is 22.6 Å². The molecule has 0 aliphatic carbocycles. The van der Waals surface area contributed by atoms with Gasteiger partial charge in [-0.25, -0.2) is 4.79 Å². The maximum absolute atomic E-state index is 13.0. The second-order valence-corrected chi connectivity index (χ2v) is 7.69. The van der Waals surface area contributed by atoms with Gasteiger partial charge in [-0.15, -0.1) is 0 Å². The number of anilines is 1. The number of hydrogen-bond donors (Lipinski definition) is 0. The first-order valence-corrected chi connectivity index (χ1v) is 10.3. The van der Waals surface area contributed by atoms with Gasteiger partial charge in [0, 0.05) is 51.9 Å². The minimum absolute atomic E-state index is 0.0261. The quantitative estimate of drug-likeness (QED) is 0.671. The highest BCUT2D eigenvalue weighted by molar-refractivity contribution is 5.78. The van der Waals surface area contributed by atoms with Crippen LogP contribution in [-0.4, -0.2) is 40.1 Å². The number of hydrogen-bond acceptors (Lipinski definition) is 3. The van der Waals surface area contributed by atoms with Crippen LogP contribution in [-0.2, 0) is 24.4 Å². The summed E-state index contributed by atoms with van der Waals surface area (Å²) in [4.78, 5) is 30.0. The summed E-state index contributed by atoms with van der Waals surface area (Å²) in [5, 5.41) is 0. The van der Waals surface area contributed by atoms with Crippen LogP contribution in [0.25, 0.3) is 11.0 Å². The van der Waals surface area contributed by atoms with Gasteiger partial charge in [-0.05, 0) is 30.2 Å². The summed E-state index contributed by atoms with van der Waals surface area (Å²) in [6, 6.07) is 16.1. The Morgan fingerprint density at radius 2 is 1.59 bits per heavy atom. The van der Waals surface area contributed by atoms with Crippen LogP contribution in [0.4, 0.5) is 5.69 Å². The molecule has 0 bridgehead atoms. The van der Waals surface area contributed by atoms with Crippen molar-refractivity contribution in [2.45, 2.75) is 39.4 Å². The van der Waals surface area contributed by atoms with E-state index >= 15 is 0 Å². The van der Waals surface area contributed by atoms with Crippen molar-refractivity contribution in [3.63, 3.8) is 0 Å². The molecule has 2 aromatic carbocycles. The van der Waals surface area contributed by atoms with Crippen LogP contribution >= 0.6 is 0 Å². The molecule has 6 heteroatoms. The number of likely N-dealkylation sites (N-methyl/N-ethyl adjacent to an activating group) is 1. The maximum Gasteiger partial charge on any atom is 0.329 e. The van der Waals surface area contributed by atoms with Gasteiger partial charge in [0.25, 0.3) is 0 Å². The summed E-state index contributed by atoms with van der Waals surface area (Å²) in [5.41, 5.74) is 4.16. The molecule has 0 radical (unpaired) electrons. The summed E-state index contributed by atoms with van der Waals surface area (Å²) < 4.78 is 3.57. The van der Waals surface area contributed by atoms with Gasteiger partial charge in [0.05, 0.1) is 11.0 Å². The smallest absolute Gasteiger partial charge is 0.329 e. The van der Waals surface area contributed by atoms with Crippen LogP contribution in [0.5, 0.6) is 0 Å². The summed E-state index contributed by atoms with van der Waals surface area (Å²) in [7, 11) is 2.06. The number of amides is 1. The Labute approximate surface area is 171 Å². The van der Waals surface area contributed by atoms with E-state index in [4.69, 9.17) is 0 Å². The van der Waals surface area contributed by atoms with Crippen molar-refractivity contribution in [1.82, 2.24) is 14.0 Å². The number of carbonyl (C=O) groups is 1. The van der Waals surface area contributed by atoms with Crippen molar-refractivity contribution in [2.24, 2.45) is 0 Å². The highest BCUT2D eigenvalue weighted by Gasteiger charge is 2.21. The average molecular weight is 393 g/mol. The Kier molecular flexibility index (Phi) is 5.43. The molecule has 0 fully saturated rings. The lowest BCUT2D eigenvalue weighted by Gasteiger charge is -2.21. The third kappa shape index (κ3) is 3.67. The van der Waals surface area contributed by atoms with E-state index < -0.39 is 0 Å². The van der Waals surface area contributed by atoms with Gasteiger partial charge in [0.15, 0.2) is 0 Å². The second-order valence-electron chi connectivity index (χ2n) is 7.69. The molecule has 1 aliphatic heterocycles. The monoisotopic (exact) mass is 392 g/mol. The van der Waals surface area contributed by atoms with Gasteiger partial charge in [0.1, 0.15) is 0 Å². The van der Waals surface area contributed by atoms with E-state index in [1.807, 2.05) is 45.9 Å². The molecule has 4 rings (SSSR count). The van der Waals surface area contributed by atoms with E-state index in [1.165, 1.54) is 5.69 Å². The zero-order valence-corrected chi connectivity index (χ0v) is 17.2. The zero-order chi connectivity index (χ0) is 20.4. The van der Waals surface area contributed by atoms with Gasteiger partial charge in [0.2, 0.25) is 5.91 Å². The Hall–Kier alpha value is -3.02. The molecule has 1 aromatic heterocycles. The van der Waals surface area contributed by atoms with Crippen molar-refractivity contribution in [3.8, 4) is 0 Å². The van der Waals surface area contributed by atoms with Gasteiger partial charge >= 0.3 is 5.69 Å². The van der Waals surface area contributed by atoms with Gasteiger partial charge in [-0.3, -0.25) is 13.9 Å². The van der Waals surface area contributed by atoms with Crippen LogP contribution in [0.3, 0.4) is 0 Å². The molecule has 2 heterocycles. The normalized spacial score (nSPS) is 14.1. The second kappa shape index (κ2) is 8.15. The number of carbonyl (C=O) groups excluding carboxylic acids is 1. The molecule has 0 atom stereocenters. The summed E-state index contributed by atoms with van der Waals surface area (Å²) >= 11 is 0. The molecule has 0 saturated heterocycles. The van der Waals surface area contributed by atoms with Crippen LogP contribution in [0.15, 0.2) is 53.3 Å². The van der Waals surface area contributed by atoms with Crippen LogP contribution in [0.1, 0.15) is 25.3 Å². The number of aryl methyl sites for hydroxylation is 2. The number of imidazole rings is 1. The fraction of sp³-hybridized carbons (Fsp3) is 0.391. The van der Waals surface area contributed by atoms with Crippen molar-refractivity contribution in [3.05, 3.63) is 64.6 Å². The van der Waals surface area contributed by atoms with Gasteiger partial charge in [-0.2, -0.15) is 0 Å². The molecular formula is C23H28N4O2. The lowest BCUT2D eigenvalue weighted by Crippen LogP contribution is -2.35. The van der Waals surface area contributed by atoms with Crippen molar-refractivity contribution < 1.29 is 4.79 Å². The number of rotatable bonds is 5. The summed E-state index contributed by atoms with van der Waals surface area (Å²) in [6.45, 7) is 5.27. The number of benzene rings is 2. The third-order valence-electron chi connectivity index (χ3n) is 5.74. The standard InChI is InChI=1S/C23H28N4O2/c1-3-13-26-20-10-6-7-11-21(20)27(23(26)29)14-12-22(28)25-16-15-24(2)19-9-5-4-8-18(19)17-25/h4-11H,3,12-17H2,1-2H3. The Morgan fingerprint density at radius 1 is 0.931 bits per heavy atom. The average Bonchev–Trinajstić information content (AvgIpc) is 2.89. The van der Waals surface area contributed by atoms with Crippen molar-refractivity contribution in [1.29, 1.82) is 0 Å². The predicted octanol–water partition coefficient (Wildman–Crippen LogP) is 3.08. The molecule has 0 spiro atoms. The molecule has 1 aliphatic rings. The van der Waals surface area contributed by atoms with E-state index in [0.717, 1.165) is 29.6 Å². The summed E-state index contributed by atoms with van der Waals surface area (Å²) in [5.74, 6) is 0.0920. The third-order valence-corrected chi connectivity index (χ3v) is 5.74. The highest BCUT2D eigenvalue weighted by atomic mass is 16.2. The number of para-hydroxylation sites is 3. The first-order valence-electron chi connectivity index (χ1n) is 10.3.